The van der Waals surface area contributed by atoms with Gasteiger partial charge in [0, 0.05) is 33.2 Å². The van der Waals surface area contributed by atoms with Crippen LogP contribution in [0.5, 0.6) is 0 Å². The molecule has 1 aliphatic heterocycles. The van der Waals surface area contributed by atoms with Gasteiger partial charge in [0.25, 0.3) is 11.8 Å². The van der Waals surface area contributed by atoms with Gasteiger partial charge in [-0.3, -0.25) is 9.59 Å². The maximum atomic E-state index is 14.5. The molecule has 0 atom stereocenters. The van der Waals surface area contributed by atoms with E-state index in [1.807, 2.05) is 61.5 Å². The minimum absolute atomic E-state index is 0.142. The molecule has 0 bridgehead atoms. The molecule has 0 radical (unpaired) electrons. The van der Waals surface area contributed by atoms with Crippen LogP contribution >= 0.6 is 0 Å². The largest absolute Gasteiger partial charge is 0.268 e. The monoisotopic (exact) mass is 619 g/mol. The number of hydrogen-bond acceptors (Lipinski definition) is 2. The van der Waals surface area contributed by atoms with E-state index < -0.39 is 0 Å². The summed E-state index contributed by atoms with van der Waals surface area (Å²) in [6, 6.07) is 32.6. The van der Waals surface area contributed by atoms with Gasteiger partial charge >= 0.3 is 0 Å². The van der Waals surface area contributed by atoms with E-state index in [1.165, 1.54) is 4.90 Å². The van der Waals surface area contributed by atoms with Crippen molar-refractivity contribution in [1.29, 1.82) is 0 Å². The molecule has 7 aromatic rings. The molecule has 1 aliphatic rings. The highest BCUT2D eigenvalue weighted by Gasteiger charge is 2.38. The molecular formula is C45H33NO2. The number of hydrogen-bond donors (Lipinski definition) is 0. The Morgan fingerprint density at radius 1 is 0.500 bits per heavy atom. The van der Waals surface area contributed by atoms with Crippen molar-refractivity contribution in [3.05, 3.63) is 136 Å². The lowest BCUT2D eigenvalue weighted by molar-refractivity contribution is 0.0893. The predicted molar refractivity (Wildman–Crippen MR) is 198 cm³/mol. The summed E-state index contributed by atoms with van der Waals surface area (Å²) < 4.78 is 0. The molecule has 0 aliphatic carbocycles. The van der Waals surface area contributed by atoms with E-state index in [-0.39, 0.29) is 23.7 Å². The summed E-state index contributed by atoms with van der Waals surface area (Å²) in [5.41, 5.74) is 6.71. The van der Waals surface area contributed by atoms with E-state index in [0.29, 0.717) is 11.1 Å². The van der Waals surface area contributed by atoms with Crippen LogP contribution in [0.4, 0.5) is 5.69 Å². The third kappa shape index (κ3) is 4.32. The van der Waals surface area contributed by atoms with Crippen LogP contribution in [0.3, 0.4) is 0 Å². The second-order valence-electron chi connectivity index (χ2n) is 13.2. The van der Waals surface area contributed by atoms with Gasteiger partial charge in [-0.05, 0) is 110 Å². The number of imide groups is 1. The molecule has 2 amide bonds. The minimum Gasteiger partial charge on any atom is -0.268 e. The van der Waals surface area contributed by atoms with E-state index in [0.717, 1.165) is 76.6 Å². The summed E-state index contributed by atoms with van der Waals surface area (Å²) in [5, 5.41) is 8.14. The lowest BCUT2D eigenvalue weighted by atomic mass is 9.83. The molecule has 0 N–H and O–H groups in total. The van der Waals surface area contributed by atoms with E-state index >= 15 is 0 Å². The first-order valence-electron chi connectivity index (χ1n) is 16.5. The molecule has 0 unspecified atom stereocenters. The van der Waals surface area contributed by atoms with Crippen molar-refractivity contribution in [1.82, 2.24) is 0 Å². The summed E-state index contributed by atoms with van der Waals surface area (Å²) in [5.74, 6) is 12.5. The standard InChI is InChI=1S/C45H33NO2/c1-6-9-28-14-16-29(17-15-28)18-19-30-20-21-35-37-23-25-39-42-38(24-22-36(41(37)42)34-13-8-12-33(30)40(34)35)44(47)46(45(39)48)43-31(26(2)3)10-7-11-32(43)27(4)5/h7-8,10-17,20-27H,1-5H3. The van der Waals surface area contributed by atoms with Crippen molar-refractivity contribution in [3.63, 3.8) is 0 Å². The van der Waals surface area contributed by atoms with E-state index in [4.69, 9.17) is 0 Å². The van der Waals surface area contributed by atoms with Gasteiger partial charge in [0.2, 0.25) is 0 Å². The summed E-state index contributed by atoms with van der Waals surface area (Å²) in [7, 11) is 0. The molecule has 3 nitrogen and oxygen atoms in total. The SMILES string of the molecule is CC#Cc1ccc(C#Cc2ccc3c4ccc5c6c(ccc(c7cccc2c73)c64)C(=O)N(c2c(C(C)C)cccc2C(C)C)C5=O)cc1. The molecule has 7 aromatic carbocycles. The summed E-state index contributed by atoms with van der Waals surface area (Å²) in [6.07, 6.45) is 0. The van der Waals surface area contributed by atoms with Crippen molar-refractivity contribution in [2.45, 2.75) is 46.5 Å². The maximum absolute atomic E-state index is 14.5. The number of nitrogens with zero attached hydrogens (tertiary/aromatic N) is 1. The van der Waals surface area contributed by atoms with Gasteiger partial charge < -0.3 is 0 Å². The van der Waals surface area contributed by atoms with Crippen LogP contribution in [-0.4, -0.2) is 11.8 Å². The Balaban J connectivity index is 1.33. The van der Waals surface area contributed by atoms with Crippen LogP contribution < -0.4 is 4.90 Å². The zero-order valence-corrected chi connectivity index (χ0v) is 27.7. The van der Waals surface area contributed by atoms with Gasteiger partial charge in [0.15, 0.2) is 0 Å². The number of benzene rings is 7. The predicted octanol–water partition coefficient (Wildman–Crippen LogP) is 10.6. The molecule has 0 fully saturated rings. The van der Waals surface area contributed by atoms with Gasteiger partial charge in [-0.1, -0.05) is 100 Å². The first-order chi connectivity index (χ1) is 23.3. The quantitative estimate of drug-likeness (QED) is 0.0854. The molecule has 48 heavy (non-hydrogen) atoms. The van der Waals surface area contributed by atoms with Gasteiger partial charge in [-0.2, -0.15) is 0 Å². The zero-order chi connectivity index (χ0) is 33.3. The Hall–Kier alpha value is -5.90. The van der Waals surface area contributed by atoms with Crippen molar-refractivity contribution in [2.75, 3.05) is 4.90 Å². The number of rotatable bonds is 3. The van der Waals surface area contributed by atoms with Crippen LogP contribution in [0.2, 0.25) is 0 Å². The van der Waals surface area contributed by atoms with Crippen LogP contribution in [0.25, 0.3) is 43.1 Å². The topological polar surface area (TPSA) is 37.4 Å². The van der Waals surface area contributed by atoms with Crippen LogP contribution in [0.1, 0.15) is 95.0 Å². The fraction of sp³-hybridized carbons (Fsp3) is 0.156. The molecule has 0 aromatic heterocycles. The van der Waals surface area contributed by atoms with Crippen molar-refractivity contribution in [2.24, 2.45) is 0 Å². The van der Waals surface area contributed by atoms with E-state index in [1.54, 1.807) is 0 Å². The zero-order valence-electron chi connectivity index (χ0n) is 27.7. The van der Waals surface area contributed by atoms with Gasteiger partial charge in [0.05, 0.1) is 5.69 Å². The Kier molecular flexibility index (Phi) is 6.83. The molecule has 230 valence electrons. The first kappa shape index (κ1) is 29.5. The lowest BCUT2D eigenvalue weighted by Crippen LogP contribution is -2.41. The highest BCUT2D eigenvalue weighted by Crippen LogP contribution is 2.46. The number of para-hydroxylation sites is 1. The molecule has 3 heteroatoms. The van der Waals surface area contributed by atoms with Crippen molar-refractivity contribution >= 4 is 60.6 Å². The van der Waals surface area contributed by atoms with Crippen molar-refractivity contribution < 1.29 is 9.59 Å². The van der Waals surface area contributed by atoms with E-state index in [9.17, 15) is 9.59 Å². The van der Waals surface area contributed by atoms with Gasteiger partial charge in [-0.15, -0.1) is 5.92 Å². The molecule has 1 heterocycles. The number of amides is 2. The third-order valence-electron chi connectivity index (χ3n) is 9.71. The van der Waals surface area contributed by atoms with Gasteiger partial charge in [-0.25, -0.2) is 4.90 Å². The van der Waals surface area contributed by atoms with E-state index in [2.05, 4.69) is 93.8 Å². The normalized spacial score (nSPS) is 12.8. The molecule has 0 spiro atoms. The fourth-order valence-corrected chi connectivity index (χ4v) is 7.49. The highest BCUT2D eigenvalue weighted by atomic mass is 16.2. The highest BCUT2D eigenvalue weighted by molar-refractivity contribution is 6.42. The Labute approximate surface area is 280 Å². The Morgan fingerprint density at radius 2 is 1.00 bits per heavy atom. The second-order valence-corrected chi connectivity index (χ2v) is 13.2. The summed E-state index contributed by atoms with van der Waals surface area (Å²) in [4.78, 5) is 30.4. The average molecular weight is 620 g/mol. The number of anilines is 1. The maximum Gasteiger partial charge on any atom is 0.266 e. The fourth-order valence-electron chi connectivity index (χ4n) is 7.49. The number of carbonyl (C=O) groups excluding carboxylic acids is 2. The third-order valence-corrected chi connectivity index (χ3v) is 9.71. The number of carbonyl (C=O) groups is 2. The second kappa shape index (κ2) is 11.1. The first-order valence-corrected chi connectivity index (χ1v) is 16.5. The molecule has 8 rings (SSSR count). The summed E-state index contributed by atoms with van der Waals surface area (Å²) in [6.45, 7) is 10.3. The molecular weight excluding hydrogens is 587 g/mol. The Bertz CT molecular complexity index is 2520. The average Bonchev–Trinajstić information content (AvgIpc) is 3.09. The smallest absolute Gasteiger partial charge is 0.266 e. The lowest BCUT2D eigenvalue weighted by Gasteiger charge is -2.32. The van der Waals surface area contributed by atoms with Crippen molar-refractivity contribution in [3.8, 4) is 23.7 Å². The minimum atomic E-state index is -0.268. The number of fused-ring (bicyclic) bond motifs is 2. The van der Waals surface area contributed by atoms with Crippen LogP contribution in [0, 0.1) is 23.7 Å². The summed E-state index contributed by atoms with van der Waals surface area (Å²) >= 11 is 0. The Morgan fingerprint density at radius 3 is 1.58 bits per heavy atom. The molecule has 0 saturated heterocycles. The van der Waals surface area contributed by atoms with Crippen LogP contribution in [-0.2, 0) is 0 Å². The van der Waals surface area contributed by atoms with Gasteiger partial charge in [0.1, 0.15) is 0 Å². The molecule has 0 saturated carbocycles. The van der Waals surface area contributed by atoms with Crippen LogP contribution in [0.15, 0.2) is 97.1 Å².